The Morgan fingerprint density at radius 1 is 1.11 bits per heavy atom. The van der Waals surface area contributed by atoms with E-state index in [-0.39, 0.29) is 23.8 Å². The number of benzene rings is 1. The monoisotopic (exact) mass is 475 g/mol. The summed E-state index contributed by atoms with van der Waals surface area (Å²) in [7, 11) is 3.70. The van der Waals surface area contributed by atoms with Gasteiger partial charge in [0.05, 0.1) is 0 Å². The summed E-state index contributed by atoms with van der Waals surface area (Å²) >= 11 is 0. The Bertz CT molecular complexity index is 1180. The quantitative estimate of drug-likeness (QED) is 0.545. The molecule has 0 spiro atoms. The van der Waals surface area contributed by atoms with Crippen molar-refractivity contribution in [1.82, 2.24) is 24.7 Å². The van der Waals surface area contributed by atoms with Crippen molar-refractivity contribution in [3.63, 3.8) is 0 Å². The number of aryl methyl sites for hydroxylation is 2. The minimum atomic E-state index is -0.0701. The van der Waals surface area contributed by atoms with Gasteiger partial charge in [-0.05, 0) is 56.1 Å². The van der Waals surface area contributed by atoms with Crippen molar-refractivity contribution >= 4 is 11.8 Å². The number of likely N-dealkylation sites (N-methyl/N-ethyl adjacent to an activating group) is 1. The van der Waals surface area contributed by atoms with Gasteiger partial charge in [-0.3, -0.25) is 14.3 Å². The third-order valence-corrected chi connectivity index (χ3v) is 7.56. The van der Waals surface area contributed by atoms with E-state index < -0.39 is 0 Å². The molecule has 0 N–H and O–H groups in total. The third-order valence-electron chi connectivity index (χ3n) is 7.56. The Kier molecular flexibility index (Phi) is 6.70. The van der Waals surface area contributed by atoms with Gasteiger partial charge in [-0.2, -0.15) is 5.10 Å². The fraction of sp³-hybridized carbons (Fsp3) is 0.481. The summed E-state index contributed by atoms with van der Waals surface area (Å²) in [5.41, 5.74) is 3.16. The Morgan fingerprint density at radius 2 is 1.86 bits per heavy atom. The van der Waals surface area contributed by atoms with Crippen LogP contribution in [0.3, 0.4) is 0 Å². The highest BCUT2D eigenvalue weighted by Gasteiger charge is 2.35. The molecule has 0 unspecified atom stereocenters. The first-order valence-corrected chi connectivity index (χ1v) is 12.6. The molecule has 8 nitrogen and oxygen atoms in total. The van der Waals surface area contributed by atoms with Crippen molar-refractivity contribution in [2.75, 3.05) is 20.1 Å². The molecule has 3 heterocycles. The molecule has 1 aliphatic heterocycles. The van der Waals surface area contributed by atoms with Crippen molar-refractivity contribution in [1.29, 1.82) is 0 Å². The predicted molar refractivity (Wildman–Crippen MR) is 131 cm³/mol. The normalized spacial score (nSPS) is 17.1. The molecular formula is C27H33N5O3. The number of rotatable bonds is 6. The van der Waals surface area contributed by atoms with Gasteiger partial charge >= 0.3 is 0 Å². The van der Waals surface area contributed by atoms with Crippen molar-refractivity contribution in [3.8, 4) is 0 Å². The zero-order chi connectivity index (χ0) is 24.4. The van der Waals surface area contributed by atoms with E-state index in [9.17, 15) is 9.59 Å². The van der Waals surface area contributed by atoms with E-state index in [0.29, 0.717) is 24.5 Å². The Labute approximate surface area is 205 Å². The summed E-state index contributed by atoms with van der Waals surface area (Å²) in [4.78, 5) is 30.3. The second-order valence-electron chi connectivity index (χ2n) is 9.82. The minimum absolute atomic E-state index is 0.0176. The molecule has 0 bridgehead atoms. The van der Waals surface area contributed by atoms with E-state index in [1.807, 2.05) is 42.1 Å². The van der Waals surface area contributed by atoms with Crippen LogP contribution < -0.4 is 0 Å². The maximum absolute atomic E-state index is 13.3. The van der Waals surface area contributed by atoms with E-state index in [1.165, 1.54) is 5.56 Å². The first-order valence-electron chi connectivity index (χ1n) is 12.6. The SMILES string of the molecule is CN(C(=O)c1ccn(C)n1)[C@H](Cc1ccccc1)C1CCN(C(=O)c2noc3c2CCCC3)CC1. The minimum Gasteiger partial charge on any atom is -0.360 e. The summed E-state index contributed by atoms with van der Waals surface area (Å²) in [6.07, 6.45) is 8.14. The van der Waals surface area contributed by atoms with Crippen LogP contribution in [0, 0.1) is 5.92 Å². The number of carbonyl (C=O) groups excluding carboxylic acids is 2. The Hall–Kier alpha value is -3.42. The molecule has 5 rings (SSSR count). The maximum Gasteiger partial charge on any atom is 0.276 e. The Balaban J connectivity index is 1.30. The van der Waals surface area contributed by atoms with Gasteiger partial charge in [0.2, 0.25) is 0 Å². The Morgan fingerprint density at radius 3 is 2.57 bits per heavy atom. The summed E-state index contributed by atoms with van der Waals surface area (Å²) in [5.74, 6) is 1.07. The van der Waals surface area contributed by atoms with Gasteiger partial charge in [-0.1, -0.05) is 35.5 Å². The van der Waals surface area contributed by atoms with E-state index in [0.717, 1.165) is 56.3 Å². The molecule has 35 heavy (non-hydrogen) atoms. The lowest BCUT2D eigenvalue weighted by Gasteiger charge is -2.40. The summed E-state index contributed by atoms with van der Waals surface area (Å²) < 4.78 is 7.13. The lowest BCUT2D eigenvalue weighted by Crippen LogP contribution is -2.48. The molecule has 1 saturated heterocycles. The van der Waals surface area contributed by atoms with Crippen LogP contribution in [-0.2, 0) is 26.3 Å². The number of hydrogen-bond acceptors (Lipinski definition) is 5. The molecule has 1 aliphatic carbocycles. The van der Waals surface area contributed by atoms with Gasteiger partial charge in [0, 0.05) is 51.4 Å². The number of piperidine rings is 1. The van der Waals surface area contributed by atoms with Gasteiger partial charge in [0.15, 0.2) is 5.69 Å². The lowest BCUT2D eigenvalue weighted by molar-refractivity contribution is 0.0513. The molecule has 2 aliphatic rings. The molecule has 3 aromatic rings. The summed E-state index contributed by atoms with van der Waals surface area (Å²) in [6, 6.07) is 12.1. The fourth-order valence-electron chi connectivity index (χ4n) is 5.53. The topological polar surface area (TPSA) is 84.5 Å². The molecule has 0 radical (unpaired) electrons. The standard InChI is InChI=1S/C27H33N5O3/c1-30-15-14-22(28-30)26(33)31(2)23(18-19-8-4-3-5-9-19)20-12-16-32(17-13-20)27(34)25-21-10-6-7-11-24(21)35-29-25/h3-5,8-9,14-15,20,23H,6-7,10-13,16-18H2,1-2H3/t23-/m1/s1. The third kappa shape index (κ3) is 4.88. The first-order chi connectivity index (χ1) is 17.0. The highest BCUT2D eigenvalue weighted by atomic mass is 16.5. The van der Waals surface area contributed by atoms with Crippen LogP contribution >= 0.6 is 0 Å². The van der Waals surface area contributed by atoms with Crippen LogP contribution in [-0.4, -0.2) is 62.7 Å². The van der Waals surface area contributed by atoms with Crippen molar-refractivity contribution < 1.29 is 14.1 Å². The number of likely N-dealkylation sites (tertiary alicyclic amines) is 1. The number of hydrogen-bond donors (Lipinski definition) is 0. The second-order valence-corrected chi connectivity index (χ2v) is 9.82. The molecule has 1 atom stereocenters. The first kappa shape index (κ1) is 23.3. The second kappa shape index (κ2) is 10.1. The molecule has 8 heteroatoms. The predicted octanol–water partition coefficient (Wildman–Crippen LogP) is 3.52. The van der Waals surface area contributed by atoms with E-state index in [1.54, 1.807) is 16.9 Å². The van der Waals surface area contributed by atoms with Crippen LogP contribution in [0.15, 0.2) is 47.1 Å². The molecule has 1 aromatic carbocycles. The highest BCUT2D eigenvalue weighted by molar-refractivity contribution is 5.94. The van der Waals surface area contributed by atoms with Gasteiger partial charge in [0.25, 0.3) is 11.8 Å². The fourth-order valence-corrected chi connectivity index (χ4v) is 5.53. The molecule has 184 valence electrons. The lowest BCUT2D eigenvalue weighted by atomic mass is 9.84. The molecule has 0 saturated carbocycles. The van der Waals surface area contributed by atoms with Crippen LogP contribution in [0.25, 0.3) is 0 Å². The van der Waals surface area contributed by atoms with Crippen LogP contribution in [0.1, 0.15) is 63.5 Å². The zero-order valence-corrected chi connectivity index (χ0v) is 20.5. The molecule has 1 fully saturated rings. The molecule has 2 amide bonds. The average molecular weight is 476 g/mol. The van der Waals surface area contributed by atoms with E-state index in [2.05, 4.69) is 22.4 Å². The van der Waals surface area contributed by atoms with Crippen LogP contribution in [0.2, 0.25) is 0 Å². The number of aromatic nitrogens is 3. The average Bonchev–Trinajstić information content (AvgIpc) is 3.53. The number of nitrogens with zero attached hydrogens (tertiary/aromatic N) is 5. The summed E-state index contributed by atoms with van der Waals surface area (Å²) in [6.45, 7) is 1.31. The number of amides is 2. The number of carbonyl (C=O) groups is 2. The van der Waals surface area contributed by atoms with Gasteiger partial charge in [-0.25, -0.2) is 0 Å². The van der Waals surface area contributed by atoms with Crippen molar-refractivity contribution in [2.45, 2.75) is 51.0 Å². The number of fused-ring (bicyclic) bond motifs is 1. The zero-order valence-electron chi connectivity index (χ0n) is 20.5. The van der Waals surface area contributed by atoms with E-state index >= 15 is 0 Å². The van der Waals surface area contributed by atoms with Gasteiger partial charge < -0.3 is 14.3 Å². The van der Waals surface area contributed by atoms with Crippen LogP contribution in [0.4, 0.5) is 0 Å². The van der Waals surface area contributed by atoms with Crippen LogP contribution in [0.5, 0.6) is 0 Å². The maximum atomic E-state index is 13.3. The van der Waals surface area contributed by atoms with Crippen molar-refractivity contribution in [2.24, 2.45) is 13.0 Å². The van der Waals surface area contributed by atoms with Gasteiger partial charge in [-0.15, -0.1) is 0 Å². The molecular weight excluding hydrogens is 442 g/mol. The largest absolute Gasteiger partial charge is 0.360 e. The highest BCUT2D eigenvalue weighted by Crippen LogP contribution is 2.30. The van der Waals surface area contributed by atoms with Crippen molar-refractivity contribution in [3.05, 3.63) is 70.9 Å². The summed E-state index contributed by atoms with van der Waals surface area (Å²) in [5, 5.41) is 8.46. The molecule has 2 aromatic heterocycles. The van der Waals surface area contributed by atoms with E-state index in [4.69, 9.17) is 4.52 Å². The smallest absolute Gasteiger partial charge is 0.276 e. The van der Waals surface area contributed by atoms with Gasteiger partial charge in [0.1, 0.15) is 11.5 Å².